The summed E-state index contributed by atoms with van der Waals surface area (Å²) in [6.07, 6.45) is 9.22. The van der Waals surface area contributed by atoms with E-state index >= 15 is 0 Å². The summed E-state index contributed by atoms with van der Waals surface area (Å²) < 4.78 is 4.63. The van der Waals surface area contributed by atoms with Gasteiger partial charge in [0.15, 0.2) is 0 Å². The summed E-state index contributed by atoms with van der Waals surface area (Å²) in [6, 6.07) is 8.49. The normalized spacial score (nSPS) is 34.9. The zero-order valence-corrected chi connectivity index (χ0v) is 16.3. The van der Waals surface area contributed by atoms with Crippen molar-refractivity contribution in [3.63, 3.8) is 0 Å². The molecule has 4 fully saturated rings. The van der Waals surface area contributed by atoms with Crippen LogP contribution in [-0.4, -0.2) is 31.6 Å². The largest absolute Gasteiger partial charge is 0.466 e. The minimum Gasteiger partial charge on any atom is -0.466 e. The number of carbonyl (C=O) groups is 1. The van der Waals surface area contributed by atoms with Crippen molar-refractivity contribution in [3.8, 4) is 0 Å². The van der Waals surface area contributed by atoms with Crippen molar-refractivity contribution >= 4 is 12.0 Å². The molecule has 1 aromatic rings. The van der Waals surface area contributed by atoms with E-state index in [1.165, 1.54) is 51.0 Å². The summed E-state index contributed by atoms with van der Waals surface area (Å²) in [4.78, 5) is 13.7. The van der Waals surface area contributed by atoms with Crippen LogP contribution in [0.15, 0.2) is 30.3 Å². The lowest BCUT2D eigenvalue weighted by molar-refractivity contribution is -0.134. The molecule has 1 aromatic carbocycles. The van der Waals surface area contributed by atoms with Gasteiger partial charge in [-0.05, 0) is 79.0 Å². The molecule has 4 aliphatic carbocycles. The molecule has 4 aliphatic rings. The zero-order valence-electron chi connectivity index (χ0n) is 16.3. The fourth-order valence-corrected chi connectivity index (χ4v) is 6.44. The first-order valence-electron chi connectivity index (χ1n) is 10.0. The lowest BCUT2D eigenvalue weighted by Crippen LogP contribution is -2.42. The third-order valence-corrected chi connectivity index (χ3v) is 7.45. The Kier molecular flexibility index (Phi) is 4.68. The molecular weight excluding hydrogens is 322 g/mol. The molecule has 140 valence electrons. The van der Waals surface area contributed by atoms with Gasteiger partial charge in [0.25, 0.3) is 0 Å². The van der Waals surface area contributed by atoms with E-state index in [0.29, 0.717) is 5.41 Å². The van der Waals surface area contributed by atoms with Crippen LogP contribution in [-0.2, 0) is 16.1 Å². The van der Waals surface area contributed by atoms with E-state index in [1.807, 2.05) is 0 Å². The third-order valence-electron chi connectivity index (χ3n) is 7.45. The average molecular weight is 354 g/mol. The molecule has 0 saturated heterocycles. The van der Waals surface area contributed by atoms with E-state index in [4.69, 9.17) is 0 Å². The zero-order chi connectivity index (χ0) is 18.3. The van der Waals surface area contributed by atoms with Crippen LogP contribution in [0.1, 0.15) is 43.7 Å². The van der Waals surface area contributed by atoms with Crippen molar-refractivity contribution in [2.75, 3.05) is 20.7 Å². The van der Waals surface area contributed by atoms with Gasteiger partial charge in [-0.2, -0.15) is 0 Å². The van der Waals surface area contributed by atoms with Crippen LogP contribution in [0.25, 0.3) is 6.08 Å². The Labute approximate surface area is 157 Å². The summed E-state index contributed by atoms with van der Waals surface area (Å²) in [5.41, 5.74) is 2.94. The number of nitrogens with zero attached hydrogens (tertiary/aromatic N) is 1. The van der Waals surface area contributed by atoms with E-state index in [-0.39, 0.29) is 5.97 Å². The summed E-state index contributed by atoms with van der Waals surface area (Å²) >= 11 is 0. The maximum Gasteiger partial charge on any atom is 0.330 e. The summed E-state index contributed by atoms with van der Waals surface area (Å²) in [5, 5.41) is 0. The van der Waals surface area contributed by atoms with Crippen molar-refractivity contribution in [2.24, 2.45) is 29.1 Å². The molecule has 4 saturated carbocycles. The molecule has 3 heteroatoms. The predicted molar refractivity (Wildman–Crippen MR) is 104 cm³/mol. The van der Waals surface area contributed by atoms with Crippen LogP contribution in [0, 0.1) is 29.1 Å². The highest BCUT2D eigenvalue weighted by Crippen LogP contribution is 2.67. The SMILES string of the molecule is COC(=O)/C=C/c1ccc(CN(C)CC23CC4CC(C2)C(C4)[C@@H]3C)cc1. The number of esters is 1. The number of hydrogen-bond donors (Lipinski definition) is 0. The molecule has 0 aromatic heterocycles. The second kappa shape index (κ2) is 6.84. The number of rotatable bonds is 6. The standard InChI is InChI=1S/C23H31NO2/c1-16-21-11-19-10-20(21)13-23(16,12-19)15-24(2)14-18-6-4-17(5-7-18)8-9-22(25)26-3/h4-9,16,19-21H,10-15H2,1-3H3/b9-8+/t16-,19?,20?,21?,23?/m0/s1. The molecule has 4 unspecified atom stereocenters. The van der Waals surface area contributed by atoms with Gasteiger partial charge in [-0.25, -0.2) is 4.79 Å². The van der Waals surface area contributed by atoms with Gasteiger partial charge in [0.1, 0.15) is 0 Å². The summed E-state index contributed by atoms with van der Waals surface area (Å²) in [7, 11) is 3.67. The number of methoxy groups -OCH3 is 1. The molecule has 0 N–H and O–H groups in total. The summed E-state index contributed by atoms with van der Waals surface area (Å²) in [5.74, 6) is 3.65. The number of hydrogen-bond acceptors (Lipinski definition) is 3. The number of benzene rings is 1. The van der Waals surface area contributed by atoms with E-state index in [0.717, 1.165) is 35.8 Å². The molecule has 4 bridgehead atoms. The van der Waals surface area contributed by atoms with Crippen LogP contribution in [0.5, 0.6) is 0 Å². The highest BCUT2D eigenvalue weighted by molar-refractivity contribution is 5.86. The van der Waals surface area contributed by atoms with E-state index in [2.05, 4.69) is 47.9 Å². The van der Waals surface area contributed by atoms with Gasteiger partial charge >= 0.3 is 5.97 Å². The monoisotopic (exact) mass is 353 g/mol. The highest BCUT2D eigenvalue weighted by atomic mass is 16.5. The first-order valence-corrected chi connectivity index (χ1v) is 10.0. The van der Waals surface area contributed by atoms with E-state index in [9.17, 15) is 4.79 Å². The van der Waals surface area contributed by atoms with Crippen LogP contribution >= 0.6 is 0 Å². The average Bonchev–Trinajstić information content (AvgIpc) is 3.02. The fourth-order valence-electron chi connectivity index (χ4n) is 6.44. The Morgan fingerprint density at radius 1 is 1.27 bits per heavy atom. The lowest BCUT2D eigenvalue weighted by atomic mass is 9.64. The van der Waals surface area contributed by atoms with Crippen LogP contribution < -0.4 is 0 Å². The third kappa shape index (κ3) is 3.22. The van der Waals surface area contributed by atoms with Gasteiger partial charge in [0, 0.05) is 19.2 Å². The Morgan fingerprint density at radius 3 is 2.73 bits per heavy atom. The van der Waals surface area contributed by atoms with E-state index in [1.54, 1.807) is 6.08 Å². The van der Waals surface area contributed by atoms with Crippen molar-refractivity contribution in [1.29, 1.82) is 0 Å². The van der Waals surface area contributed by atoms with Gasteiger partial charge in [-0.3, -0.25) is 0 Å². The first-order chi connectivity index (χ1) is 12.5. The van der Waals surface area contributed by atoms with Gasteiger partial charge in [-0.1, -0.05) is 31.2 Å². The predicted octanol–water partition coefficient (Wildman–Crippen LogP) is 4.38. The molecule has 0 amide bonds. The smallest absolute Gasteiger partial charge is 0.330 e. The van der Waals surface area contributed by atoms with Gasteiger partial charge in [0.2, 0.25) is 0 Å². The molecule has 5 rings (SSSR count). The molecule has 0 heterocycles. The molecular formula is C23H31NO2. The van der Waals surface area contributed by atoms with Crippen molar-refractivity contribution in [3.05, 3.63) is 41.5 Å². The fraction of sp³-hybridized carbons (Fsp3) is 0.609. The second-order valence-corrected chi connectivity index (χ2v) is 9.09. The quantitative estimate of drug-likeness (QED) is 0.561. The molecule has 0 radical (unpaired) electrons. The molecule has 26 heavy (non-hydrogen) atoms. The van der Waals surface area contributed by atoms with Crippen molar-refractivity contribution in [1.82, 2.24) is 4.90 Å². The Balaban J connectivity index is 1.36. The van der Waals surface area contributed by atoms with Crippen LogP contribution in [0.3, 0.4) is 0 Å². The molecule has 0 spiro atoms. The minimum atomic E-state index is -0.317. The molecule has 3 nitrogen and oxygen atoms in total. The van der Waals surface area contributed by atoms with Crippen molar-refractivity contribution in [2.45, 2.75) is 39.2 Å². The maximum absolute atomic E-state index is 11.2. The van der Waals surface area contributed by atoms with Crippen LogP contribution in [0.4, 0.5) is 0 Å². The highest BCUT2D eigenvalue weighted by Gasteiger charge is 2.60. The maximum atomic E-state index is 11.2. The summed E-state index contributed by atoms with van der Waals surface area (Å²) in [6.45, 7) is 4.76. The van der Waals surface area contributed by atoms with Crippen LogP contribution in [0.2, 0.25) is 0 Å². The number of ether oxygens (including phenoxy) is 1. The van der Waals surface area contributed by atoms with Crippen molar-refractivity contribution < 1.29 is 9.53 Å². The number of carbonyl (C=O) groups excluding carboxylic acids is 1. The minimum absolute atomic E-state index is 0.317. The van der Waals surface area contributed by atoms with Gasteiger partial charge in [0.05, 0.1) is 7.11 Å². The Hall–Kier alpha value is -1.61. The van der Waals surface area contributed by atoms with Gasteiger partial charge in [-0.15, -0.1) is 0 Å². The Bertz CT molecular complexity index is 691. The Morgan fingerprint density at radius 2 is 2.04 bits per heavy atom. The lowest BCUT2D eigenvalue weighted by Gasteiger charge is -2.45. The molecule has 5 atom stereocenters. The van der Waals surface area contributed by atoms with E-state index < -0.39 is 0 Å². The first kappa shape index (κ1) is 17.8. The topological polar surface area (TPSA) is 29.5 Å². The van der Waals surface area contributed by atoms with Gasteiger partial charge < -0.3 is 9.64 Å². The second-order valence-electron chi connectivity index (χ2n) is 9.09. The molecule has 0 aliphatic heterocycles.